The molecule has 0 fully saturated rings. The van der Waals surface area contributed by atoms with Crippen molar-refractivity contribution in [3.63, 3.8) is 0 Å². The Balaban J connectivity index is 2.33. The number of thioether (sulfide) groups is 1. The van der Waals surface area contributed by atoms with Crippen LogP contribution in [0.5, 0.6) is 0 Å². The number of nitrogens with one attached hydrogen (secondary N) is 1. The topological polar surface area (TPSA) is 75.3 Å². The van der Waals surface area contributed by atoms with Gasteiger partial charge in [-0.05, 0) is 24.6 Å². The maximum atomic E-state index is 11.7. The third-order valence-corrected chi connectivity index (χ3v) is 4.14. The standard InChI is InChI=1S/C13H19ClN2O2S/c1-9(4-6-17)19-7-5-13(18)16-10-2-3-11(14)12(15)8-10/h2-3,8-9,17H,4-7,15H2,1H3,(H,16,18). The van der Waals surface area contributed by atoms with Crippen LogP contribution in [0.4, 0.5) is 11.4 Å². The first kappa shape index (κ1) is 16.1. The first-order valence-corrected chi connectivity index (χ1v) is 7.53. The van der Waals surface area contributed by atoms with E-state index in [1.165, 1.54) is 0 Å². The summed E-state index contributed by atoms with van der Waals surface area (Å²) in [6.07, 6.45) is 1.18. The number of carbonyl (C=O) groups is 1. The van der Waals surface area contributed by atoms with Crippen molar-refractivity contribution in [2.45, 2.75) is 25.0 Å². The molecule has 1 rings (SSSR count). The molecule has 6 heteroatoms. The lowest BCUT2D eigenvalue weighted by molar-refractivity contribution is -0.115. The summed E-state index contributed by atoms with van der Waals surface area (Å²) in [5.41, 5.74) is 6.76. The smallest absolute Gasteiger partial charge is 0.225 e. The lowest BCUT2D eigenvalue weighted by Gasteiger charge is -2.10. The molecule has 1 amide bonds. The van der Waals surface area contributed by atoms with Gasteiger partial charge in [-0.2, -0.15) is 11.8 Å². The van der Waals surface area contributed by atoms with Crippen LogP contribution in [-0.2, 0) is 4.79 Å². The molecule has 0 aromatic heterocycles. The predicted octanol–water partition coefficient (Wildman–Crippen LogP) is 2.75. The fraction of sp³-hybridized carbons (Fsp3) is 0.462. The SMILES string of the molecule is CC(CCO)SCCC(=O)Nc1ccc(Cl)c(N)c1. The highest BCUT2D eigenvalue weighted by atomic mass is 35.5. The van der Waals surface area contributed by atoms with Crippen molar-refractivity contribution in [1.82, 2.24) is 0 Å². The number of amides is 1. The summed E-state index contributed by atoms with van der Waals surface area (Å²) in [6.45, 7) is 2.23. The molecule has 0 saturated carbocycles. The van der Waals surface area contributed by atoms with Gasteiger partial charge < -0.3 is 16.2 Å². The Morgan fingerprint density at radius 1 is 1.58 bits per heavy atom. The molecule has 1 unspecified atom stereocenters. The van der Waals surface area contributed by atoms with Crippen LogP contribution in [0.15, 0.2) is 18.2 Å². The third-order valence-electron chi connectivity index (χ3n) is 2.55. The van der Waals surface area contributed by atoms with Crippen molar-refractivity contribution < 1.29 is 9.90 Å². The van der Waals surface area contributed by atoms with Crippen LogP contribution >= 0.6 is 23.4 Å². The molecule has 0 heterocycles. The zero-order chi connectivity index (χ0) is 14.3. The maximum absolute atomic E-state index is 11.7. The first-order valence-electron chi connectivity index (χ1n) is 6.10. The van der Waals surface area contributed by atoms with Crippen LogP contribution in [0, 0.1) is 0 Å². The van der Waals surface area contributed by atoms with Crippen molar-refractivity contribution in [3.05, 3.63) is 23.2 Å². The minimum Gasteiger partial charge on any atom is -0.397 e. The second-order valence-electron chi connectivity index (χ2n) is 4.23. The highest BCUT2D eigenvalue weighted by molar-refractivity contribution is 7.99. The Labute approximate surface area is 122 Å². The molecule has 0 aliphatic heterocycles. The fourth-order valence-electron chi connectivity index (χ4n) is 1.46. The van der Waals surface area contributed by atoms with Gasteiger partial charge in [0, 0.05) is 29.7 Å². The molecule has 0 radical (unpaired) electrons. The quantitative estimate of drug-likeness (QED) is 0.677. The summed E-state index contributed by atoms with van der Waals surface area (Å²) in [7, 11) is 0. The average Bonchev–Trinajstić information content (AvgIpc) is 2.34. The molecule has 1 aromatic rings. The largest absolute Gasteiger partial charge is 0.397 e. The summed E-state index contributed by atoms with van der Waals surface area (Å²) in [5.74, 6) is 0.682. The van der Waals surface area contributed by atoms with Crippen LogP contribution in [0.1, 0.15) is 19.8 Å². The van der Waals surface area contributed by atoms with E-state index in [9.17, 15) is 4.79 Å². The highest BCUT2D eigenvalue weighted by Crippen LogP contribution is 2.22. The second kappa shape index (κ2) is 8.30. The Kier molecular flexibility index (Phi) is 7.05. The molecule has 0 saturated heterocycles. The zero-order valence-electron chi connectivity index (χ0n) is 10.9. The number of hydrogen-bond acceptors (Lipinski definition) is 4. The Hall–Kier alpha value is -0.910. The van der Waals surface area contributed by atoms with Crippen LogP contribution < -0.4 is 11.1 Å². The molecule has 1 aromatic carbocycles. The Bertz CT molecular complexity index is 429. The monoisotopic (exact) mass is 302 g/mol. The molecule has 4 nitrogen and oxygen atoms in total. The molecule has 0 aliphatic rings. The van der Waals surface area contributed by atoms with Crippen LogP contribution in [0.2, 0.25) is 5.02 Å². The van der Waals surface area contributed by atoms with Crippen LogP contribution in [-0.4, -0.2) is 28.6 Å². The number of aliphatic hydroxyl groups is 1. The molecule has 1 atom stereocenters. The normalized spacial score (nSPS) is 12.2. The van der Waals surface area contributed by atoms with Crippen molar-refractivity contribution in [2.75, 3.05) is 23.4 Å². The highest BCUT2D eigenvalue weighted by Gasteiger charge is 2.06. The van der Waals surface area contributed by atoms with Gasteiger partial charge in [0.25, 0.3) is 0 Å². The van der Waals surface area contributed by atoms with E-state index in [1.54, 1.807) is 30.0 Å². The summed E-state index contributed by atoms with van der Waals surface area (Å²) in [5, 5.41) is 12.4. The van der Waals surface area contributed by atoms with Gasteiger partial charge in [0.05, 0.1) is 10.7 Å². The van der Waals surface area contributed by atoms with E-state index in [-0.39, 0.29) is 12.5 Å². The number of nitrogen functional groups attached to an aromatic ring is 1. The third kappa shape index (κ3) is 6.18. The van der Waals surface area contributed by atoms with Crippen molar-refractivity contribution in [3.8, 4) is 0 Å². The van der Waals surface area contributed by atoms with E-state index in [0.717, 1.165) is 12.2 Å². The second-order valence-corrected chi connectivity index (χ2v) is 6.18. The Morgan fingerprint density at radius 2 is 2.32 bits per heavy atom. The van der Waals surface area contributed by atoms with Crippen molar-refractivity contribution >= 4 is 40.6 Å². The van der Waals surface area contributed by atoms with Crippen molar-refractivity contribution in [1.29, 1.82) is 0 Å². The minimum atomic E-state index is -0.0505. The van der Waals surface area contributed by atoms with Gasteiger partial charge in [-0.25, -0.2) is 0 Å². The molecule has 0 spiro atoms. The fourth-order valence-corrected chi connectivity index (χ4v) is 2.56. The molecule has 4 N–H and O–H groups in total. The van der Waals surface area contributed by atoms with E-state index in [4.69, 9.17) is 22.4 Å². The number of aliphatic hydroxyl groups excluding tert-OH is 1. The maximum Gasteiger partial charge on any atom is 0.225 e. The number of halogens is 1. The number of hydrogen-bond donors (Lipinski definition) is 3. The van der Waals surface area contributed by atoms with E-state index >= 15 is 0 Å². The van der Waals surface area contributed by atoms with Gasteiger partial charge >= 0.3 is 0 Å². The summed E-state index contributed by atoms with van der Waals surface area (Å²) < 4.78 is 0. The molecule has 19 heavy (non-hydrogen) atoms. The van der Waals surface area contributed by atoms with Crippen LogP contribution in [0.3, 0.4) is 0 Å². The number of benzene rings is 1. The van der Waals surface area contributed by atoms with Crippen LogP contribution in [0.25, 0.3) is 0 Å². The molecule has 106 valence electrons. The minimum absolute atomic E-state index is 0.0505. The van der Waals surface area contributed by atoms with E-state index in [0.29, 0.717) is 28.1 Å². The van der Waals surface area contributed by atoms with E-state index in [2.05, 4.69) is 5.32 Å². The number of nitrogens with two attached hydrogens (primary N) is 1. The molecular formula is C13H19ClN2O2S. The lowest BCUT2D eigenvalue weighted by atomic mass is 10.2. The van der Waals surface area contributed by atoms with Gasteiger partial charge in [0.1, 0.15) is 0 Å². The van der Waals surface area contributed by atoms with Gasteiger partial charge in [0.15, 0.2) is 0 Å². The lowest BCUT2D eigenvalue weighted by Crippen LogP contribution is -2.13. The number of anilines is 2. The number of rotatable bonds is 7. The summed E-state index contributed by atoms with van der Waals surface area (Å²) >= 11 is 7.48. The van der Waals surface area contributed by atoms with Gasteiger partial charge in [-0.1, -0.05) is 18.5 Å². The summed E-state index contributed by atoms with van der Waals surface area (Å²) in [4.78, 5) is 11.7. The first-order chi connectivity index (χ1) is 9.02. The zero-order valence-corrected chi connectivity index (χ0v) is 12.4. The molecule has 0 aliphatic carbocycles. The van der Waals surface area contributed by atoms with E-state index in [1.807, 2.05) is 6.92 Å². The average molecular weight is 303 g/mol. The van der Waals surface area contributed by atoms with Gasteiger partial charge in [-0.3, -0.25) is 4.79 Å². The van der Waals surface area contributed by atoms with Gasteiger partial charge in [0.2, 0.25) is 5.91 Å². The van der Waals surface area contributed by atoms with Crippen molar-refractivity contribution in [2.24, 2.45) is 0 Å². The number of carbonyl (C=O) groups excluding carboxylic acids is 1. The van der Waals surface area contributed by atoms with Gasteiger partial charge in [-0.15, -0.1) is 0 Å². The predicted molar refractivity (Wildman–Crippen MR) is 82.7 cm³/mol. The summed E-state index contributed by atoms with van der Waals surface area (Å²) in [6, 6.07) is 5.02. The Morgan fingerprint density at radius 3 is 2.95 bits per heavy atom. The molecule has 0 bridgehead atoms. The van der Waals surface area contributed by atoms with E-state index < -0.39 is 0 Å². The molecular weight excluding hydrogens is 284 g/mol.